The fourth-order valence-corrected chi connectivity index (χ4v) is 1.87. The number of hydrogen-bond acceptors (Lipinski definition) is 1. The van der Waals surface area contributed by atoms with Crippen LogP contribution in [-0.4, -0.2) is 11.7 Å². The second-order valence-electron chi connectivity index (χ2n) is 4.83. The molecule has 0 spiro atoms. The van der Waals surface area contributed by atoms with Crippen LogP contribution in [0.4, 0.5) is 8.78 Å². The van der Waals surface area contributed by atoms with E-state index in [1.54, 1.807) is 26.0 Å². The zero-order chi connectivity index (χ0) is 12.9. The van der Waals surface area contributed by atoms with Gasteiger partial charge in [-0.2, -0.15) is 0 Å². The topological polar surface area (TPSA) is 20.2 Å². The fourth-order valence-electron chi connectivity index (χ4n) is 1.87. The average Bonchev–Trinajstić information content (AvgIpc) is 2.25. The molecule has 0 heterocycles. The minimum atomic E-state index is -2.76. The molecule has 0 unspecified atom stereocenters. The quantitative estimate of drug-likeness (QED) is 0.805. The molecule has 0 radical (unpaired) electrons. The largest absolute Gasteiger partial charge is 0.396 e. The maximum Gasteiger partial charge on any atom is 0.273 e. The lowest BCUT2D eigenvalue weighted by Crippen LogP contribution is -2.16. The first kappa shape index (κ1) is 14.1. The second kappa shape index (κ2) is 6.10. The Morgan fingerprint density at radius 3 is 2.59 bits per heavy atom. The van der Waals surface area contributed by atoms with Crippen molar-refractivity contribution in [1.29, 1.82) is 0 Å². The summed E-state index contributed by atoms with van der Waals surface area (Å²) in [5.41, 5.74) is 0.946. The second-order valence-corrected chi connectivity index (χ2v) is 4.83. The summed E-state index contributed by atoms with van der Waals surface area (Å²) in [5.74, 6) is -2.80. The van der Waals surface area contributed by atoms with E-state index in [2.05, 4.69) is 0 Å². The van der Waals surface area contributed by atoms with Gasteiger partial charge in [0, 0.05) is 18.6 Å². The summed E-state index contributed by atoms with van der Waals surface area (Å²) in [6, 6.07) is 6.52. The van der Waals surface area contributed by atoms with E-state index in [1.807, 2.05) is 6.07 Å². The summed E-state index contributed by atoms with van der Waals surface area (Å²) < 4.78 is 27.7. The maximum atomic E-state index is 13.9. The molecule has 1 N–H and O–H groups in total. The predicted molar refractivity (Wildman–Crippen MR) is 65.2 cm³/mol. The molecule has 0 fully saturated rings. The fraction of sp³-hybridized carbons (Fsp3) is 0.571. The van der Waals surface area contributed by atoms with Gasteiger partial charge < -0.3 is 5.11 Å². The molecule has 0 aliphatic carbocycles. The summed E-state index contributed by atoms with van der Waals surface area (Å²) in [4.78, 5) is 0. The predicted octanol–water partition coefficient (Wildman–Crippen LogP) is 3.75. The molecule has 0 saturated heterocycles. The third-order valence-corrected chi connectivity index (χ3v) is 2.64. The van der Waals surface area contributed by atoms with Gasteiger partial charge in [0.05, 0.1) is 0 Å². The van der Waals surface area contributed by atoms with Crippen molar-refractivity contribution in [2.75, 3.05) is 6.61 Å². The van der Waals surface area contributed by atoms with Crippen LogP contribution < -0.4 is 0 Å². The molecule has 0 saturated carbocycles. The first-order chi connectivity index (χ1) is 7.95. The molecule has 1 aromatic carbocycles. The van der Waals surface area contributed by atoms with Crippen molar-refractivity contribution in [3.05, 3.63) is 35.4 Å². The third-order valence-electron chi connectivity index (χ3n) is 2.64. The SMILES string of the molecule is CC(C)CC(F)(F)c1cccc(CCCO)c1. The zero-order valence-corrected chi connectivity index (χ0v) is 10.4. The average molecular weight is 242 g/mol. The van der Waals surface area contributed by atoms with Crippen LogP contribution in [0.15, 0.2) is 24.3 Å². The maximum absolute atomic E-state index is 13.9. The van der Waals surface area contributed by atoms with E-state index < -0.39 is 5.92 Å². The number of hydrogen-bond donors (Lipinski definition) is 1. The Morgan fingerprint density at radius 1 is 1.29 bits per heavy atom. The molecule has 0 amide bonds. The van der Waals surface area contributed by atoms with Gasteiger partial charge in [-0.1, -0.05) is 32.0 Å². The van der Waals surface area contributed by atoms with E-state index in [4.69, 9.17) is 5.11 Å². The monoisotopic (exact) mass is 242 g/mol. The Morgan fingerprint density at radius 2 is 2.00 bits per heavy atom. The lowest BCUT2D eigenvalue weighted by atomic mass is 9.96. The lowest BCUT2D eigenvalue weighted by Gasteiger charge is -2.19. The van der Waals surface area contributed by atoms with E-state index in [0.29, 0.717) is 12.8 Å². The van der Waals surface area contributed by atoms with Gasteiger partial charge in [-0.05, 0) is 30.4 Å². The van der Waals surface area contributed by atoms with Crippen LogP contribution in [0.1, 0.15) is 37.8 Å². The summed E-state index contributed by atoms with van der Waals surface area (Å²) in [5, 5.41) is 8.73. The van der Waals surface area contributed by atoms with E-state index in [-0.39, 0.29) is 24.5 Å². The van der Waals surface area contributed by atoms with Gasteiger partial charge in [-0.25, -0.2) is 8.78 Å². The molecule has 0 atom stereocenters. The number of halogens is 2. The van der Waals surface area contributed by atoms with Crippen molar-refractivity contribution in [2.24, 2.45) is 5.92 Å². The molecule has 1 nitrogen and oxygen atoms in total. The van der Waals surface area contributed by atoms with Crippen LogP contribution in [0.2, 0.25) is 0 Å². The number of alkyl halides is 2. The first-order valence-corrected chi connectivity index (χ1v) is 6.04. The van der Waals surface area contributed by atoms with Crippen LogP contribution in [0.3, 0.4) is 0 Å². The normalized spacial score (nSPS) is 12.1. The molecular formula is C14H20F2O. The standard InChI is InChI=1S/C14H20F2O/c1-11(2)10-14(15,16)13-7-3-5-12(9-13)6-4-8-17/h3,5,7,9,11,17H,4,6,8,10H2,1-2H3. The lowest BCUT2D eigenvalue weighted by molar-refractivity contribution is -0.0249. The Labute approximate surface area is 101 Å². The summed E-state index contributed by atoms with van der Waals surface area (Å²) >= 11 is 0. The number of aliphatic hydroxyl groups excluding tert-OH is 1. The highest BCUT2D eigenvalue weighted by atomic mass is 19.3. The molecule has 17 heavy (non-hydrogen) atoms. The van der Waals surface area contributed by atoms with Gasteiger partial charge in [0.1, 0.15) is 0 Å². The summed E-state index contributed by atoms with van der Waals surface area (Å²) in [6.45, 7) is 3.68. The highest BCUT2D eigenvalue weighted by Gasteiger charge is 2.32. The number of benzene rings is 1. The van der Waals surface area contributed by atoms with Crippen LogP contribution in [0, 0.1) is 5.92 Å². The molecule has 1 aromatic rings. The molecule has 1 rings (SSSR count). The molecular weight excluding hydrogens is 222 g/mol. The Hall–Kier alpha value is -0.960. The molecule has 0 aromatic heterocycles. The van der Waals surface area contributed by atoms with Crippen molar-refractivity contribution in [3.63, 3.8) is 0 Å². The minimum Gasteiger partial charge on any atom is -0.396 e. The van der Waals surface area contributed by atoms with Gasteiger partial charge >= 0.3 is 0 Å². The molecule has 3 heteroatoms. The first-order valence-electron chi connectivity index (χ1n) is 6.04. The Balaban J connectivity index is 2.82. The Bertz CT molecular complexity index is 348. The van der Waals surface area contributed by atoms with Crippen molar-refractivity contribution < 1.29 is 13.9 Å². The van der Waals surface area contributed by atoms with Gasteiger partial charge in [0.2, 0.25) is 0 Å². The summed E-state index contributed by atoms with van der Waals surface area (Å²) in [7, 11) is 0. The van der Waals surface area contributed by atoms with Gasteiger partial charge in [-0.3, -0.25) is 0 Å². The van der Waals surface area contributed by atoms with Crippen LogP contribution in [-0.2, 0) is 12.3 Å². The van der Waals surface area contributed by atoms with Crippen LogP contribution >= 0.6 is 0 Å². The van der Waals surface area contributed by atoms with Gasteiger partial charge in [-0.15, -0.1) is 0 Å². The smallest absolute Gasteiger partial charge is 0.273 e. The molecule has 96 valence electrons. The highest BCUT2D eigenvalue weighted by molar-refractivity contribution is 5.27. The number of aliphatic hydroxyl groups is 1. The Kier molecular flexibility index (Phi) is 5.06. The number of aryl methyl sites for hydroxylation is 1. The van der Waals surface area contributed by atoms with Gasteiger partial charge in [0.25, 0.3) is 5.92 Å². The van der Waals surface area contributed by atoms with Crippen molar-refractivity contribution in [3.8, 4) is 0 Å². The van der Waals surface area contributed by atoms with E-state index in [0.717, 1.165) is 5.56 Å². The third kappa shape index (κ3) is 4.43. The highest BCUT2D eigenvalue weighted by Crippen LogP contribution is 2.34. The van der Waals surface area contributed by atoms with E-state index >= 15 is 0 Å². The van der Waals surface area contributed by atoms with Gasteiger partial charge in [0.15, 0.2) is 0 Å². The number of rotatable bonds is 6. The zero-order valence-electron chi connectivity index (χ0n) is 10.4. The molecule has 0 bridgehead atoms. The molecule has 0 aliphatic rings. The van der Waals surface area contributed by atoms with E-state index in [9.17, 15) is 8.78 Å². The van der Waals surface area contributed by atoms with Crippen LogP contribution in [0.5, 0.6) is 0 Å². The van der Waals surface area contributed by atoms with E-state index in [1.165, 1.54) is 6.07 Å². The molecule has 0 aliphatic heterocycles. The van der Waals surface area contributed by atoms with Crippen LogP contribution in [0.25, 0.3) is 0 Å². The minimum absolute atomic E-state index is 0.0360. The van der Waals surface area contributed by atoms with Crippen molar-refractivity contribution >= 4 is 0 Å². The van der Waals surface area contributed by atoms with Crippen molar-refractivity contribution in [2.45, 2.75) is 39.0 Å². The van der Waals surface area contributed by atoms with Crippen molar-refractivity contribution in [1.82, 2.24) is 0 Å². The summed E-state index contributed by atoms with van der Waals surface area (Å²) in [6.07, 6.45) is 1.12.